The number of rotatable bonds is 6. The van der Waals surface area contributed by atoms with Crippen molar-refractivity contribution in [3.8, 4) is 0 Å². The maximum Gasteiger partial charge on any atom is 0.389 e. The third-order valence-corrected chi connectivity index (χ3v) is 1.95. The molecule has 2 N–H and O–H groups in total. The van der Waals surface area contributed by atoms with Gasteiger partial charge < -0.3 is 10.5 Å². The van der Waals surface area contributed by atoms with E-state index < -0.39 is 12.6 Å². The van der Waals surface area contributed by atoms with Gasteiger partial charge in [-0.2, -0.15) is 13.2 Å². The molecule has 5 heteroatoms. The van der Waals surface area contributed by atoms with Crippen molar-refractivity contribution >= 4 is 0 Å². The van der Waals surface area contributed by atoms with Crippen molar-refractivity contribution in [2.24, 2.45) is 11.7 Å². The Balaban J connectivity index is 3.59. The van der Waals surface area contributed by atoms with E-state index in [1.807, 2.05) is 6.92 Å². The van der Waals surface area contributed by atoms with Gasteiger partial charge in [-0.25, -0.2) is 0 Å². The highest BCUT2D eigenvalue weighted by Crippen LogP contribution is 2.23. The second-order valence-corrected chi connectivity index (χ2v) is 3.71. The summed E-state index contributed by atoms with van der Waals surface area (Å²) in [7, 11) is 1.57. The predicted molar refractivity (Wildman–Crippen MR) is 48.9 cm³/mol. The largest absolute Gasteiger partial charge is 0.389 e. The number of ether oxygens (including phenoxy) is 1. The Hall–Kier alpha value is -0.290. The normalized spacial score (nSPS) is 16.7. The molecule has 0 radical (unpaired) electrons. The second-order valence-electron chi connectivity index (χ2n) is 3.71. The van der Waals surface area contributed by atoms with Crippen molar-refractivity contribution in [1.29, 1.82) is 0 Å². The molecular formula is C9H18F3NO. The third-order valence-electron chi connectivity index (χ3n) is 1.95. The molecule has 0 aromatic heterocycles. The van der Waals surface area contributed by atoms with Crippen LogP contribution in [0, 0.1) is 5.92 Å². The van der Waals surface area contributed by atoms with Crippen LogP contribution in [-0.4, -0.2) is 25.9 Å². The summed E-state index contributed by atoms with van der Waals surface area (Å²) < 4.78 is 40.3. The number of halogens is 3. The highest BCUT2D eigenvalue weighted by molar-refractivity contribution is 4.67. The molecule has 0 aliphatic heterocycles. The molecule has 0 aliphatic carbocycles. The molecule has 0 bridgehead atoms. The average Bonchev–Trinajstić information content (AvgIpc) is 2.00. The van der Waals surface area contributed by atoms with Crippen LogP contribution < -0.4 is 5.73 Å². The molecule has 0 saturated carbocycles. The van der Waals surface area contributed by atoms with Crippen molar-refractivity contribution in [3.63, 3.8) is 0 Å². The van der Waals surface area contributed by atoms with Gasteiger partial charge in [0.1, 0.15) is 0 Å². The summed E-state index contributed by atoms with van der Waals surface area (Å²) in [5.74, 6) is 0.211. The van der Waals surface area contributed by atoms with Crippen molar-refractivity contribution in [2.75, 3.05) is 13.7 Å². The molecule has 0 aromatic rings. The molecule has 2 atom stereocenters. The molecule has 0 aliphatic rings. The fourth-order valence-electron chi connectivity index (χ4n) is 1.34. The lowest BCUT2D eigenvalue weighted by Crippen LogP contribution is -2.26. The van der Waals surface area contributed by atoms with Crippen LogP contribution in [0.4, 0.5) is 13.2 Å². The molecule has 0 rings (SSSR count). The lowest BCUT2D eigenvalue weighted by atomic mass is 10.00. The van der Waals surface area contributed by atoms with Crippen LogP contribution in [-0.2, 0) is 4.74 Å². The smallest absolute Gasteiger partial charge is 0.384 e. The Morgan fingerprint density at radius 2 is 1.93 bits per heavy atom. The minimum Gasteiger partial charge on any atom is -0.384 e. The van der Waals surface area contributed by atoms with Gasteiger partial charge >= 0.3 is 6.18 Å². The molecule has 0 amide bonds. The standard InChI is InChI=1S/C9H18F3NO/c1-7(6-14-2)5-8(13)3-4-9(10,11)12/h7-8H,3-6,13H2,1-2H3. The predicted octanol–water partition coefficient (Wildman–Crippen LogP) is 2.33. The van der Waals surface area contributed by atoms with E-state index in [1.54, 1.807) is 7.11 Å². The van der Waals surface area contributed by atoms with Crippen LogP contribution >= 0.6 is 0 Å². The zero-order valence-corrected chi connectivity index (χ0v) is 8.60. The van der Waals surface area contributed by atoms with Crippen LogP contribution in [0.25, 0.3) is 0 Å². The molecule has 0 fully saturated rings. The first-order valence-electron chi connectivity index (χ1n) is 4.66. The molecule has 14 heavy (non-hydrogen) atoms. The monoisotopic (exact) mass is 213 g/mol. The zero-order chi connectivity index (χ0) is 11.2. The van der Waals surface area contributed by atoms with Gasteiger partial charge in [0, 0.05) is 26.2 Å². The molecule has 86 valence electrons. The van der Waals surface area contributed by atoms with Crippen molar-refractivity contribution in [2.45, 2.75) is 38.4 Å². The number of nitrogens with two attached hydrogens (primary N) is 1. The first-order chi connectivity index (χ1) is 6.35. The topological polar surface area (TPSA) is 35.2 Å². The van der Waals surface area contributed by atoms with E-state index in [4.69, 9.17) is 10.5 Å². The van der Waals surface area contributed by atoms with Gasteiger partial charge in [-0.15, -0.1) is 0 Å². The number of hydrogen-bond acceptors (Lipinski definition) is 2. The van der Waals surface area contributed by atoms with Crippen LogP contribution in [0.1, 0.15) is 26.2 Å². The lowest BCUT2D eigenvalue weighted by Gasteiger charge is -2.17. The quantitative estimate of drug-likeness (QED) is 0.735. The van der Waals surface area contributed by atoms with E-state index in [0.717, 1.165) is 0 Å². The van der Waals surface area contributed by atoms with Gasteiger partial charge in [0.15, 0.2) is 0 Å². The summed E-state index contributed by atoms with van der Waals surface area (Å²) in [6.07, 6.45) is -4.32. The van der Waals surface area contributed by atoms with Crippen LogP contribution in [0.3, 0.4) is 0 Å². The lowest BCUT2D eigenvalue weighted by molar-refractivity contribution is -0.136. The van der Waals surface area contributed by atoms with E-state index in [2.05, 4.69) is 0 Å². The molecular weight excluding hydrogens is 195 g/mol. The second kappa shape index (κ2) is 6.24. The molecule has 0 aromatic carbocycles. The van der Waals surface area contributed by atoms with Gasteiger partial charge in [0.2, 0.25) is 0 Å². The van der Waals surface area contributed by atoms with E-state index in [0.29, 0.717) is 13.0 Å². The zero-order valence-electron chi connectivity index (χ0n) is 8.60. The Bertz CT molecular complexity index is 149. The molecule has 2 nitrogen and oxygen atoms in total. The summed E-state index contributed by atoms with van der Waals surface area (Å²) in [5, 5.41) is 0. The first-order valence-corrected chi connectivity index (χ1v) is 4.66. The van der Waals surface area contributed by atoms with Gasteiger partial charge in [0.05, 0.1) is 0 Å². The summed E-state index contributed by atoms with van der Waals surface area (Å²) in [4.78, 5) is 0. The fourth-order valence-corrected chi connectivity index (χ4v) is 1.34. The van der Waals surface area contributed by atoms with Crippen molar-refractivity contribution in [1.82, 2.24) is 0 Å². The summed E-state index contributed by atoms with van der Waals surface area (Å²) >= 11 is 0. The maximum absolute atomic E-state index is 11.8. The van der Waals surface area contributed by atoms with Crippen LogP contribution in [0.5, 0.6) is 0 Å². The fraction of sp³-hybridized carbons (Fsp3) is 1.00. The van der Waals surface area contributed by atoms with Crippen LogP contribution in [0.2, 0.25) is 0 Å². The maximum atomic E-state index is 11.8. The van der Waals surface area contributed by atoms with E-state index in [-0.39, 0.29) is 18.4 Å². The average molecular weight is 213 g/mol. The number of methoxy groups -OCH3 is 1. The van der Waals surface area contributed by atoms with Crippen molar-refractivity contribution < 1.29 is 17.9 Å². The molecule has 0 spiro atoms. The Labute approximate surface area is 82.6 Å². The SMILES string of the molecule is COCC(C)CC(N)CCC(F)(F)F. The molecule has 0 saturated heterocycles. The summed E-state index contributed by atoms with van der Waals surface area (Å²) in [6, 6.07) is -0.387. The first kappa shape index (κ1) is 13.7. The number of alkyl halides is 3. The van der Waals surface area contributed by atoms with Gasteiger partial charge in [-0.05, 0) is 18.8 Å². The van der Waals surface area contributed by atoms with Gasteiger partial charge in [-0.3, -0.25) is 0 Å². The van der Waals surface area contributed by atoms with E-state index in [1.165, 1.54) is 0 Å². The minimum atomic E-state index is -4.10. The van der Waals surface area contributed by atoms with E-state index in [9.17, 15) is 13.2 Å². The van der Waals surface area contributed by atoms with Crippen LogP contribution in [0.15, 0.2) is 0 Å². The summed E-state index contributed by atoms with van der Waals surface area (Å²) in [6.45, 7) is 2.46. The van der Waals surface area contributed by atoms with Crippen molar-refractivity contribution in [3.05, 3.63) is 0 Å². The summed E-state index contributed by atoms with van der Waals surface area (Å²) in [5.41, 5.74) is 5.56. The van der Waals surface area contributed by atoms with E-state index >= 15 is 0 Å². The van der Waals surface area contributed by atoms with Gasteiger partial charge in [-0.1, -0.05) is 6.92 Å². The Morgan fingerprint density at radius 3 is 2.36 bits per heavy atom. The third kappa shape index (κ3) is 8.31. The highest BCUT2D eigenvalue weighted by atomic mass is 19.4. The molecule has 0 heterocycles. The number of hydrogen-bond donors (Lipinski definition) is 1. The minimum absolute atomic E-state index is 0.00243. The Morgan fingerprint density at radius 1 is 1.36 bits per heavy atom. The van der Waals surface area contributed by atoms with Gasteiger partial charge in [0.25, 0.3) is 0 Å². The highest BCUT2D eigenvalue weighted by Gasteiger charge is 2.27. The Kier molecular flexibility index (Phi) is 6.11. The molecule has 2 unspecified atom stereocenters.